The fraction of sp³-hybridized carbons (Fsp3) is 0.622. The van der Waals surface area contributed by atoms with Crippen LogP contribution in [0, 0.1) is 6.57 Å². The van der Waals surface area contributed by atoms with Gasteiger partial charge in [-0.05, 0) is 97.7 Å². The molecular formula is C37H51N9O4S. The van der Waals surface area contributed by atoms with Crippen LogP contribution in [0.3, 0.4) is 0 Å². The fourth-order valence-corrected chi connectivity index (χ4v) is 8.75. The summed E-state index contributed by atoms with van der Waals surface area (Å²) < 4.78 is 18.4. The van der Waals surface area contributed by atoms with Gasteiger partial charge in [-0.2, -0.15) is 4.98 Å². The molecular weight excluding hydrogens is 667 g/mol. The summed E-state index contributed by atoms with van der Waals surface area (Å²) in [4.78, 5) is 40.7. The van der Waals surface area contributed by atoms with Crippen LogP contribution >= 0.6 is 11.3 Å². The molecule has 274 valence electrons. The molecule has 0 unspecified atom stereocenters. The Bertz CT molecular complexity index is 1810. The summed E-state index contributed by atoms with van der Waals surface area (Å²) in [6.07, 6.45) is 6.21. The van der Waals surface area contributed by atoms with Gasteiger partial charge in [0.2, 0.25) is 11.6 Å². The Labute approximate surface area is 305 Å². The molecule has 0 radical (unpaired) electrons. The van der Waals surface area contributed by atoms with Crippen molar-refractivity contribution >= 4 is 40.3 Å². The molecule has 3 aromatic rings. The van der Waals surface area contributed by atoms with E-state index >= 15 is 0 Å². The number of piperazine rings is 1. The van der Waals surface area contributed by atoms with Crippen LogP contribution in [-0.2, 0) is 16.6 Å². The number of carbonyl (C=O) groups excluding carboxylic acids is 1. The van der Waals surface area contributed by atoms with Gasteiger partial charge in [0.1, 0.15) is 28.3 Å². The molecule has 0 saturated carbocycles. The number of thiophene rings is 1. The average Bonchev–Trinajstić information content (AvgIpc) is 3.82. The molecule has 6 rings (SSSR count). The van der Waals surface area contributed by atoms with E-state index in [9.17, 15) is 4.79 Å². The standard InChI is InChI=1S/C37H51N9O4S/c1-23-21-45(35(47)49-36(3,4)5)17-18-46(23)29-20-30(48-24(2)26-13-12-16-44(26)10)41-33(40-29)25-19-28(50-42-25)37(6)15-11-14-27-31(37)32(38-7)34(51-27)39-22-43(8)9/h19-20,22-24,26H,11-18,21H2,1-6,8-10H3/b39-22+/t23-,24+,26+,37-/m1/s1. The lowest BCUT2D eigenvalue weighted by molar-refractivity contribution is 0.0218. The highest BCUT2D eigenvalue weighted by molar-refractivity contribution is 7.16. The predicted molar refractivity (Wildman–Crippen MR) is 200 cm³/mol. The monoisotopic (exact) mass is 717 g/mol. The number of aliphatic imine (C=N–C) groups is 1. The van der Waals surface area contributed by atoms with Crippen LogP contribution in [0.4, 0.5) is 21.3 Å². The summed E-state index contributed by atoms with van der Waals surface area (Å²) >= 11 is 1.59. The lowest BCUT2D eigenvalue weighted by Gasteiger charge is -2.40. The fourth-order valence-electron chi connectivity index (χ4n) is 7.50. The highest BCUT2D eigenvalue weighted by Crippen LogP contribution is 2.54. The first-order valence-electron chi connectivity index (χ1n) is 17.9. The van der Waals surface area contributed by atoms with E-state index in [0.717, 1.165) is 54.1 Å². The Morgan fingerprint density at radius 2 is 2.02 bits per heavy atom. The van der Waals surface area contributed by atoms with Crippen molar-refractivity contribution in [1.82, 2.24) is 29.8 Å². The smallest absolute Gasteiger partial charge is 0.410 e. The van der Waals surface area contributed by atoms with Crippen molar-refractivity contribution in [2.75, 3.05) is 52.2 Å². The van der Waals surface area contributed by atoms with Gasteiger partial charge in [-0.3, -0.25) is 4.90 Å². The Balaban J connectivity index is 1.34. The van der Waals surface area contributed by atoms with Gasteiger partial charge in [-0.15, -0.1) is 11.3 Å². The number of hydrogen-bond acceptors (Lipinski definition) is 11. The lowest BCUT2D eigenvalue weighted by Crippen LogP contribution is -2.54. The van der Waals surface area contributed by atoms with Crippen LogP contribution in [0.15, 0.2) is 21.6 Å². The van der Waals surface area contributed by atoms with Crippen LogP contribution in [-0.4, -0.2) is 113 Å². The summed E-state index contributed by atoms with van der Waals surface area (Å²) in [7, 11) is 5.97. The van der Waals surface area contributed by atoms with E-state index in [4.69, 9.17) is 30.5 Å². The second-order valence-electron chi connectivity index (χ2n) is 15.5. The van der Waals surface area contributed by atoms with Crippen molar-refractivity contribution < 1.29 is 18.8 Å². The molecule has 1 amide bonds. The summed E-state index contributed by atoms with van der Waals surface area (Å²) in [5.41, 5.74) is 0.929. The zero-order valence-corrected chi connectivity index (χ0v) is 32.2. The maximum Gasteiger partial charge on any atom is 0.410 e. The number of ether oxygens (including phenoxy) is 2. The highest BCUT2D eigenvalue weighted by Gasteiger charge is 2.42. The van der Waals surface area contributed by atoms with Crippen molar-refractivity contribution in [3.63, 3.8) is 0 Å². The van der Waals surface area contributed by atoms with Gasteiger partial charge in [0, 0.05) is 63.4 Å². The Hall–Kier alpha value is -4.22. The number of hydrogen-bond donors (Lipinski definition) is 0. The first-order chi connectivity index (χ1) is 24.2. The van der Waals surface area contributed by atoms with Crippen LogP contribution in [0.2, 0.25) is 0 Å². The number of anilines is 1. The average molecular weight is 718 g/mol. The number of fused-ring (bicyclic) bond motifs is 1. The van der Waals surface area contributed by atoms with Gasteiger partial charge in [0.25, 0.3) is 0 Å². The molecule has 0 N–H and O–H groups in total. The Morgan fingerprint density at radius 3 is 2.69 bits per heavy atom. The Kier molecular flexibility index (Phi) is 10.3. The molecule has 3 aromatic heterocycles. The first-order valence-corrected chi connectivity index (χ1v) is 18.7. The zero-order valence-electron chi connectivity index (χ0n) is 31.4. The Morgan fingerprint density at radius 1 is 1.24 bits per heavy atom. The van der Waals surface area contributed by atoms with E-state index in [0.29, 0.717) is 54.3 Å². The van der Waals surface area contributed by atoms with E-state index in [1.54, 1.807) is 22.6 Å². The third kappa shape index (κ3) is 7.70. The molecule has 51 heavy (non-hydrogen) atoms. The number of likely N-dealkylation sites (N-methyl/N-ethyl adjacent to an activating group) is 1. The second-order valence-corrected chi connectivity index (χ2v) is 16.6. The molecule has 0 aromatic carbocycles. The number of aryl methyl sites for hydroxylation is 1. The number of nitrogens with zero attached hydrogens (tertiary/aromatic N) is 9. The molecule has 5 heterocycles. The van der Waals surface area contributed by atoms with Gasteiger partial charge in [0.15, 0.2) is 11.5 Å². The van der Waals surface area contributed by atoms with Crippen molar-refractivity contribution in [2.24, 2.45) is 4.99 Å². The van der Waals surface area contributed by atoms with Crippen LogP contribution in [0.1, 0.15) is 83.4 Å². The summed E-state index contributed by atoms with van der Waals surface area (Å²) in [6, 6.07) is 4.07. The molecule has 2 fully saturated rings. The molecule has 0 spiro atoms. The minimum absolute atomic E-state index is 0.0392. The largest absolute Gasteiger partial charge is 0.473 e. The SMILES string of the molecule is [C-]#[N+]c1c(/N=C/N(C)C)sc2c1[C@@](C)(c1cc(-c3nc(O[C@@H](C)[C@@H]4CCCN4C)cc(N4CCN(C(=O)OC(C)(C)C)C[C@H]4C)n3)no1)CCC2. The number of aromatic nitrogens is 3. The number of likely N-dealkylation sites (tertiary alicyclic amines) is 1. The van der Waals surface area contributed by atoms with Crippen molar-refractivity contribution in [3.05, 3.63) is 39.8 Å². The normalized spacial score (nSPS) is 23.3. The molecule has 0 bridgehead atoms. The van der Waals surface area contributed by atoms with Gasteiger partial charge >= 0.3 is 6.09 Å². The molecule has 3 aliphatic rings. The number of rotatable bonds is 8. The molecule has 2 saturated heterocycles. The highest BCUT2D eigenvalue weighted by atomic mass is 32.1. The summed E-state index contributed by atoms with van der Waals surface area (Å²) in [5, 5.41) is 5.24. The van der Waals surface area contributed by atoms with E-state index < -0.39 is 11.0 Å². The third-order valence-electron chi connectivity index (χ3n) is 10.1. The van der Waals surface area contributed by atoms with Crippen molar-refractivity contribution in [1.29, 1.82) is 0 Å². The van der Waals surface area contributed by atoms with Crippen molar-refractivity contribution in [3.8, 4) is 17.4 Å². The number of amides is 1. The van der Waals surface area contributed by atoms with E-state index in [-0.39, 0.29) is 24.3 Å². The van der Waals surface area contributed by atoms with Crippen molar-refractivity contribution in [2.45, 2.75) is 103 Å². The number of carbonyl (C=O) groups is 1. The molecule has 2 aliphatic heterocycles. The summed E-state index contributed by atoms with van der Waals surface area (Å²) in [6.45, 7) is 22.6. The van der Waals surface area contributed by atoms with Gasteiger partial charge in [-0.1, -0.05) is 5.16 Å². The quantitative estimate of drug-likeness (QED) is 0.138. The minimum atomic E-state index is -0.564. The minimum Gasteiger partial charge on any atom is -0.473 e. The topological polar surface area (TPSA) is 117 Å². The summed E-state index contributed by atoms with van der Waals surface area (Å²) in [5.74, 6) is 2.24. The maximum atomic E-state index is 12.9. The first kappa shape index (κ1) is 36.6. The van der Waals surface area contributed by atoms with E-state index in [2.05, 4.69) is 52.6 Å². The van der Waals surface area contributed by atoms with E-state index in [1.165, 1.54) is 0 Å². The third-order valence-corrected chi connectivity index (χ3v) is 11.2. The predicted octanol–water partition coefficient (Wildman–Crippen LogP) is 6.91. The zero-order chi connectivity index (χ0) is 36.7. The van der Waals surface area contributed by atoms with Crippen LogP contribution in [0.25, 0.3) is 16.4 Å². The van der Waals surface area contributed by atoms with Crippen LogP contribution in [0.5, 0.6) is 5.88 Å². The maximum absolute atomic E-state index is 12.9. The molecule has 14 heteroatoms. The van der Waals surface area contributed by atoms with E-state index in [1.807, 2.05) is 51.9 Å². The molecule has 13 nitrogen and oxygen atoms in total. The van der Waals surface area contributed by atoms with Gasteiger partial charge in [-0.25, -0.2) is 19.6 Å². The van der Waals surface area contributed by atoms with Gasteiger partial charge in [0.05, 0.1) is 12.9 Å². The lowest BCUT2D eigenvalue weighted by atomic mass is 9.71. The second kappa shape index (κ2) is 14.4. The van der Waals surface area contributed by atoms with Crippen LogP contribution < -0.4 is 9.64 Å². The molecule has 1 aliphatic carbocycles. The van der Waals surface area contributed by atoms with Gasteiger partial charge < -0.3 is 28.7 Å². The molecule has 4 atom stereocenters.